The molecule has 0 saturated carbocycles. The molecule has 1 unspecified atom stereocenters. The molecule has 0 spiro atoms. The van der Waals surface area contributed by atoms with Gasteiger partial charge in [0.05, 0.1) is 6.61 Å². The molecule has 0 saturated heterocycles. The van der Waals surface area contributed by atoms with Crippen LogP contribution in [-0.2, 0) is 0 Å². The maximum absolute atomic E-state index is 9.65. The first kappa shape index (κ1) is 13.7. The monoisotopic (exact) mass is 239 g/mol. The van der Waals surface area contributed by atoms with Crippen LogP contribution in [0.3, 0.4) is 0 Å². The highest BCUT2D eigenvalue weighted by atomic mass is 16.3. The van der Waals surface area contributed by atoms with E-state index in [2.05, 4.69) is 22.5 Å². The van der Waals surface area contributed by atoms with Crippen molar-refractivity contribution >= 4 is 11.5 Å². The van der Waals surface area contributed by atoms with Crippen molar-refractivity contribution in [2.45, 2.75) is 25.9 Å². The number of anilines is 2. The highest BCUT2D eigenvalue weighted by Gasteiger charge is 2.18. The second-order valence-corrected chi connectivity index (χ2v) is 4.37. The number of pyridine rings is 1. The average molecular weight is 239 g/mol. The van der Waals surface area contributed by atoms with Crippen LogP contribution in [0.25, 0.3) is 0 Å². The molecule has 0 bridgehead atoms. The Morgan fingerprint density at radius 2 is 2.18 bits per heavy atom. The van der Waals surface area contributed by atoms with Crippen LogP contribution in [0.2, 0.25) is 0 Å². The fourth-order valence-electron chi connectivity index (χ4n) is 1.24. The first-order valence-electron chi connectivity index (χ1n) is 5.84. The second kappa shape index (κ2) is 6.42. The molecule has 0 aromatic carbocycles. The molecule has 1 aromatic rings. The molecule has 1 heterocycles. The summed E-state index contributed by atoms with van der Waals surface area (Å²) in [5.74, 6) is 0.806. The number of aromatic nitrogens is 1. The van der Waals surface area contributed by atoms with E-state index < -0.39 is 5.60 Å². The molecule has 0 amide bonds. The van der Waals surface area contributed by atoms with Gasteiger partial charge in [-0.2, -0.15) is 0 Å². The quantitative estimate of drug-likeness (QED) is 0.572. The van der Waals surface area contributed by atoms with Crippen molar-refractivity contribution in [3.8, 4) is 0 Å². The minimum absolute atomic E-state index is 0.272. The molecule has 0 aliphatic rings. The Labute approximate surface area is 102 Å². The standard InChI is InChI=1S/C12H21N3O2/c1-3-5-13-11-7-10(4-6-14-11)15-8-12(2,17)9-16/h4,6-7,16-17H,3,5,8-9H2,1-2H3,(H2,13,14,15). The van der Waals surface area contributed by atoms with Gasteiger partial charge in [0.25, 0.3) is 0 Å². The maximum Gasteiger partial charge on any atom is 0.127 e. The lowest BCUT2D eigenvalue weighted by molar-refractivity contribution is 0.0132. The Morgan fingerprint density at radius 1 is 1.41 bits per heavy atom. The van der Waals surface area contributed by atoms with E-state index in [9.17, 15) is 5.11 Å². The lowest BCUT2D eigenvalue weighted by Crippen LogP contribution is -2.37. The molecule has 0 aliphatic heterocycles. The number of nitrogens with one attached hydrogen (secondary N) is 2. The van der Waals surface area contributed by atoms with Gasteiger partial charge in [-0.1, -0.05) is 6.92 Å². The fraction of sp³-hybridized carbons (Fsp3) is 0.583. The highest BCUT2D eigenvalue weighted by Crippen LogP contribution is 2.13. The summed E-state index contributed by atoms with van der Waals surface area (Å²) in [6.07, 6.45) is 2.74. The van der Waals surface area contributed by atoms with Crippen LogP contribution in [0.1, 0.15) is 20.3 Å². The number of aliphatic hydroxyl groups excluding tert-OH is 1. The van der Waals surface area contributed by atoms with Gasteiger partial charge in [-0.15, -0.1) is 0 Å². The predicted octanol–water partition coefficient (Wildman–Crippen LogP) is 1.06. The van der Waals surface area contributed by atoms with Crippen LogP contribution < -0.4 is 10.6 Å². The lowest BCUT2D eigenvalue weighted by Gasteiger charge is -2.21. The van der Waals surface area contributed by atoms with Gasteiger partial charge < -0.3 is 20.8 Å². The average Bonchev–Trinajstić information content (AvgIpc) is 2.35. The van der Waals surface area contributed by atoms with Crippen molar-refractivity contribution in [1.82, 2.24) is 4.98 Å². The van der Waals surface area contributed by atoms with Crippen LogP contribution in [-0.4, -0.2) is 40.5 Å². The highest BCUT2D eigenvalue weighted by molar-refractivity contribution is 5.51. The van der Waals surface area contributed by atoms with Crippen molar-refractivity contribution in [2.24, 2.45) is 0 Å². The Morgan fingerprint density at radius 3 is 2.82 bits per heavy atom. The predicted molar refractivity (Wildman–Crippen MR) is 69.2 cm³/mol. The third-order valence-corrected chi connectivity index (χ3v) is 2.33. The summed E-state index contributed by atoms with van der Waals surface area (Å²) in [5.41, 5.74) is -0.243. The molecule has 0 radical (unpaired) electrons. The van der Waals surface area contributed by atoms with E-state index in [0.717, 1.165) is 24.5 Å². The van der Waals surface area contributed by atoms with Crippen molar-refractivity contribution < 1.29 is 10.2 Å². The number of aliphatic hydroxyl groups is 2. The normalized spacial score (nSPS) is 14.1. The summed E-state index contributed by atoms with van der Waals surface area (Å²) in [6, 6.07) is 3.70. The number of hydrogen-bond acceptors (Lipinski definition) is 5. The van der Waals surface area contributed by atoms with Gasteiger partial charge in [-0.05, 0) is 19.4 Å². The van der Waals surface area contributed by atoms with Crippen LogP contribution >= 0.6 is 0 Å². The smallest absolute Gasteiger partial charge is 0.127 e. The first-order chi connectivity index (χ1) is 8.07. The minimum atomic E-state index is -1.11. The van der Waals surface area contributed by atoms with E-state index in [0.29, 0.717) is 6.54 Å². The molecule has 5 heteroatoms. The molecule has 1 atom stereocenters. The van der Waals surface area contributed by atoms with Gasteiger partial charge in [0.1, 0.15) is 11.4 Å². The van der Waals surface area contributed by atoms with Gasteiger partial charge in [0, 0.05) is 31.0 Å². The van der Waals surface area contributed by atoms with Gasteiger partial charge in [0.15, 0.2) is 0 Å². The summed E-state index contributed by atoms with van der Waals surface area (Å²) in [6.45, 7) is 4.57. The topological polar surface area (TPSA) is 77.4 Å². The molecule has 1 aromatic heterocycles. The zero-order valence-corrected chi connectivity index (χ0v) is 10.4. The van der Waals surface area contributed by atoms with Crippen molar-refractivity contribution in [1.29, 1.82) is 0 Å². The number of hydrogen-bond donors (Lipinski definition) is 4. The Bertz CT molecular complexity index is 342. The molecule has 5 nitrogen and oxygen atoms in total. The second-order valence-electron chi connectivity index (χ2n) is 4.37. The van der Waals surface area contributed by atoms with Crippen molar-refractivity contribution in [3.63, 3.8) is 0 Å². The molecule has 0 fully saturated rings. The molecule has 1 rings (SSSR count). The lowest BCUT2D eigenvalue weighted by atomic mass is 10.1. The third-order valence-electron chi connectivity index (χ3n) is 2.33. The van der Waals surface area contributed by atoms with Crippen LogP contribution in [0.4, 0.5) is 11.5 Å². The van der Waals surface area contributed by atoms with Crippen LogP contribution in [0.15, 0.2) is 18.3 Å². The van der Waals surface area contributed by atoms with E-state index in [4.69, 9.17) is 5.11 Å². The Hall–Kier alpha value is -1.33. The van der Waals surface area contributed by atoms with E-state index in [1.165, 1.54) is 0 Å². The zero-order valence-electron chi connectivity index (χ0n) is 10.4. The van der Waals surface area contributed by atoms with Crippen LogP contribution in [0.5, 0.6) is 0 Å². The van der Waals surface area contributed by atoms with E-state index in [1.54, 1.807) is 13.1 Å². The minimum Gasteiger partial charge on any atom is -0.393 e. The Kier molecular flexibility index (Phi) is 5.18. The van der Waals surface area contributed by atoms with Crippen molar-refractivity contribution in [3.05, 3.63) is 18.3 Å². The molecular formula is C12H21N3O2. The summed E-state index contributed by atoms with van der Waals surface area (Å²) in [5, 5.41) is 24.8. The third kappa shape index (κ3) is 5.01. The molecule has 4 N–H and O–H groups in total. The van der Waals surface area contributed by atoms with E-state index in [1.807, 2.05) is 12.1 Å². The Balaban J connectivity index is 2.53. The summed E-state index contributed by atoms with van der Waals surface area (Å²) in [7, 11) is 0. The number of rotatable bonds is 7. The van der Waals surface area contributed by atoms with E-state index in [-0.39, 0.29) is 6.61 Å². The van der Waals surface area contributed by atoms with Gasteiger partial charge in [-0.25, -0.2) is 4.98 Å². The summed E-state index contributed by atoms with van der Waals surface area (Å²) >= 11 is 0. The fourth-order valence-corrected chi connectivity index (χ4v) is 1.24. The van der Waals surface area contributed by atoms with Gasteiger partial charge >= 0.3 is 0 Å². The SMILES string of the molecule is CCCNc1cc(NCC(C)(O)CO)ccn1. The first-order valence-corrected chi connectivity index (χ1v) is 5.84. The number of nitrogens with zero attached hydrogens (tertiary/aromatic N) is 1. The zero-order chi connectivity index (χ0) is 12.7. The molecule has 0 aliphatic carbocycles. The van der Waals surface area contributed by atoms with E-state index >= 15 is 0 Å². The molecular weight excluding hydrogens is 218 g/mol. The van der Waals surface area contributed by atoms with Gasteiger partial charge in [-0.3, -0.25) is 0 Å². The van der Waals surface area contributed by atoms with Crippen molar-refractivity contribution in [2.75, 3.05) is 30.3 Å². The summed E-state index contributed by atoms with van der Waals surface area (Å²) in [4.78, 5) is 4.18. The molecule has 96 valence electrons. The van der Waals surface area contributed by atoms with Gasteiger partial charge in [0.2, 0.25) is 0 Å². The summed E-state index contributed by atoms with van der Waals surface area (Å²) < 4.78 is 0. The maximum atomic E-state index is 9.65. The van der Waals surface area contributed by atoms with Crippen LogP contribution in [0, 0.1) is 0 Å². The molecule has 17 heavy (non-hydrogen) atoms. The largest absolute Gasteiger partial charge is 0.393 e.